The molecule has 0 aromatic heterocycles. The summed E-state index contributed by atoms with van der Waals surface area (Å²) >= 11 is 0. The topological polar surface area (TPSA) is 32.7 Å². The molecule has 0 spiro atoms. The van der Waals surface area contributed by atoms with E-state index in [1.807, 2.05) is 18.2 Å². The molecule has 0 saturated carbocycles. The van der Waals surface area contributed by atoms with Crippen LogP contribution in [0, 0.1) is 0 Å². The van der Waals surface area contributed by atoms with Crippen LogP contribution in [0.3, 0.4) is 0 Å². The van der Waals surface area contributed by atoms with Crippen LogP contribution in [-0.4, -0.2) is 43.4 Å². The molecular weight excluding hydrogens is 190 g/mol. The summed E-state index contributed by atoms with van der Waals surface area (Å²) in [5, 5.41) is 8.93. The van der Waals surface area contributed by atoms with Gasteiger partial charge in [0, 0.05) is 26.7 Å². The van der Waals surface area contributed by atoms with Crippen molar-refractivity contribution in [2.24, 2.45) is 0 Å². The van der Waals surface area contributed by atoms with E-state index in [0.717, 1.165) is 13.1 Å². The molecule has 0 fully saturated rings. The van der Waals surface area contributed by atoms with Gasteiger partial charge in [0.15, 0.2) is 0 Å². The normalized spacial score (nSPS) is 10.9. The molecule has 0 aliphatic carbocycles. The second kappa shape index (κ2) is 7.40. The second-order valence-electron chi connectivity index (χ2n) is 3.48. The highest BCUT2D eigenvalue weighted by molar-refractivity contribution is 5.14. The standard InChI is InChI=1S/C12H19NO2/c1-15-10-8-13(7-9-14)11-12-5-3-2-4-6-12/h2-6,14H,7-11H2,1H3. The molecule has 0 atom stereocenters. The van der Waals surface area contributed by atoms with Crippen molar-refractivity contribution in [2.45, 2.75) is 6.54 Å². The van der Waals surface area contributed by atoms with Gasteiger partial charge in [-0.3, -0.25) is 4.90 Å². The smallest absolute Gasteiger partial charge is 0.0589 e. The first-order valence-electron chi connectivity index (χ1n) is 5.23. The molecular formula is C12H19NO2. The van der Waals surface area contributed by atoms with E-state index in [4.69, 9.17) is 9.84 Å². The van der Waals surface area contributed by atoms with Crippen molar-refractivity contribution in [3.63, 3.8) is 0 Å². The molecule has 1 N–H and O–H groups in total. The molecule has 0 amide bonds. The van der Waals surface area contributed by atoms with E-state index in [1.165, 1.54) is 5.56 Å². The van der Waals surface area contributed by atoms with Crippen LogP contribution in [0.1, 0.15) is 5.56 Å². The number of methoxy groups -OCH3 is 1. The van der Waals surface area contributed by atoms with Gasteiger partial charge >= 0.3 is 0 Å². The lowest BCUT2D eigenvalue weighted by Crippen LogP contribution is -2.29. The fourth-order valence-electron chi connectivity index (χ4n) is 1.47. The third kappa shape index (κ3) is 4.93. The van der Waals surface area contributed by atoms with Crippen LogP contribution < -0.4 is 0 Å². The number of benzene rings is 1. The van der Waals surface area contributed by atoms with Crippen molar-refractivity contribution in [1.82, 2.24) is 4.90 Å². The van der Waals surface area contributed by atoms with Gasteiger partial charge in [0.2, 0.25) is 0 Å². The summed E-state index contributed by atoms with van der Waals surface area (Å²) in [6.07, 6.45) is 0. The Kier molecular flexibility index (Phi) is 6.00. The van der Waals surface area contributed by atoms with Crippen molar-refractivity contribution >= 4 is 0 Å². The van der Waals surface area contributed by atoms with Gasteiger partial charge in [-0.05, 0) is 5.56 Å². The Labute approximate surface area is 91.3 Å². The van der Waals surface area contributed by atoms with Crippen LogP contribution in [0.15, 0.2) is 30.3 Å². The van der Waals surface area contributed by atoms with E-state index in [9.17, 15) is 0 Å². The average molecular weight is 209 g/mol. The molecule has 0 aliphatic rings. The Hall–Kier alpha value is -0.900. The SMILES string of the molecule is COCCN(CCO)Cc1ccccc1. The molecule has 0 unspecified atom stereocenters. The molecule has 0 heterocycles. The summed E-state index contributed by atoms with van der Waals surface area (Å²) in [4.78, 5) is 2.18. The minimum Gasteiger partial charge on any atom is -0.395 e. The maximum atomic E-state index is 8.93. The number of nitrogens with zero attached hydrogens (tertiary/aromatic N) is 1. The predicted molar refractivity (Wildman–Crippen MR) is 60.7 cm³/mol. The number of aliphatic hydroxyl groups is 1. The monoisotopic (exact) mass is 209 g/mol. The van der Waals surface area contributed by atoms with E-state index >= 15 is 0 Å². The van der Waals surface area contributed by atoms with Gasteiger partial charge in [0.05, 0.1) is 13.2 Å². The maximum absolute atomic E-state index is 8.93. The molecule has 84 valence electrons. The lowest BCUT2D eigenvalue weighted by atomic mass is 10.2. The van der Waals surface area contributed by atoms with E-state index < -0.39 is 0 Å². The molecule has 3 heteroatoms. The summed E-state index contributed by atoms with van der Waals surface area (Å²) < 4.78 is 5.03. The number of hydrogen-bond donors (Lipinski definition) is 1. The van der Waals surface area contributed by atoms with E-state index in [0.29, 0.717) is 13.2 Å². The second-order valence-corrected chi connectivity index (χ2v) is 3.48. The average Bonchev–Trinajstić information content (AvgIpc) is 2.28. The van der Waals surface area contributed by atoms with Gasteiger partial charge in [-0.25, -0.2) is 0 Å². The molecule has 0 bridgehead atoms. The summed E-state index contributed by atoms with van der Waals surface area (Å²) in [5.74, 6) is 0. The fraction of sp³-hybridized carbons (Fsp3) is 0.500. The zero-order valence-electron chi connectivity index (χ0n) is 9.22. The first-order chi connectivity index (χ1) is 7.36. The van der Waals surface area contributed by atoms with Gasteiger partial charge in [0.1, 0.15) is 0 Å². The Morgan fingerprint density at radius 2 is 1.93 bits per heavy atom. The summed E-state index contributed by atoms with van der Waals surface area (Å²) in [5.41, 5.74) is 1.27. The lowest BCUT2D eigenvalue weighted by Gasteiger charge is -2.20. The van der Waals surface area contributed by atoms with Crippen LogP contribution in [0.4, 0.5) is 0 Å². The first kappa shape index (κ1) is 12.2. The highest BCUT2D eigenvalue weighted by Crippen LogP contribution is 2.03. The molecule has 3 nitrogen and oxygen atoms in total. The summed E-state index contributed by atoms with van der Waals surface area (Å²) in [6.45, 7) is 3.30. The minimum absolute atomic E-state index is 0.191. The largest absolute Gasteiger partial charge is 0.395 e. The van der Waals surface area contributed by atoms with E-state index in [-0.39, 0.29) is 6.61 Å². The van der Waals surface area contributed by atoms with Gasteiger partial charge < -0.3 is 9.84 Å². The third-order valence-electron chi connectivity index (χ3n) is 2.28. The van der Waals surface area contributed by atoms with Crippen LogP contribution in [-0.2, 0) is 11.3 Å². The fourth-order valence-corrected chi connectivity index (χ4v) is 1.47. The summed E-state index contributed by atoms with van der Waals surface area (Å²) in [7, 11) is 1.69. The van der Waals surface area contributed by atoms with Gasteiger partial charge in [0.25, 0.3) is 0 Å². The number of ether oxygens (including phenoxy) is 1. The number of hydrogen-bond acceptors (Lipinski definition) is 3. The van der Waals surface area contributed by atoms with Gasteiger partial charge in [-0.15, -0.1) is 0 Å². The van der Waals surface area contributed by atoms with Crippen molar-refractivity contribution in [3.05, 3.63) is 35.9 Å². The molecule has 1 rings (SSSR count). The zero-order valence-corrected chi connectivity index (χ0v) is 9.22. The van der Waals surface area contributed by atoms with Crippen LogP contribution in [0.25, 0.3) is 0 Å². The molecule has 0 aliphatic heterocycles. The van der Waals surface area contributed by atoms with Crippen molar-refractivity contribution in [1.29, 1.82) is 0 Å². The number of aliphatic hydroxyl groups excluding tert-OH is 1. The molecule has 0 saturated heterocycles. The Balaban J connectivity index is 2.43. The Morgan fingerprint density at radius 3 is 2.53 bits per heavy atom. The van der Waals surface area contributed by atoms with Crippen LogP contribution in [0.5, 0.6) is 0 Å². The van der Waals surface area contributed by atoms with Crippen LogP contribution in [0.2, 0.25) is 0 Å². The van der Waals surface area contributed by atoms with Crippen molar-refractivity contribution in [3.8, 4) is 0 Å². The molecule has 1 aromatic carbocycles. The molecule has 0 radical (unpaired) electrons. The highest BCUT2D eigenvalue weighted by Gasteiger charge is 2.04. The molecule has 15 heavy (non-hydrogen) atoms. The lowest BCUT2D eigenvalue weighted by molar-refractivity contribution is 0.127. The number of rotatable bonds is 7. The van der Waals surface area contributed by atoms with Crippen LogP contribution >= 0.6 is 0 Å². The maximum Gasteiger partial charge on any atom is 0.0589 e. The van der Waals surface area contributed by atoms with Crippen molar-refractivity contribution in [2.75, 3.05) is 33.4 Å². The Bertz CT molecular complexity index is 251. The Morgan fingerprint density at radius 1 is 1.20 bits per heavy atom. The minimum atomic E-state index is 0.191. The highest BCUT2D eigenvalue weighted by atomic mass is 16.5. The van der Waals surface area contributed by atoms with Gasteiger partial charge in [-0.1, -0.05) is 30.3 Å². The zero-order chi connectivity index (χ0) is 10.9. The summed E-state index contributed by atoms with van der Waals surface area (Å²) in [6, 6.07) is 10.3. The first-order valence-corrected chi connectivity index (χ1v) is 5.23. The third-order valence-corrected chi connectivity index (χ3v) is 2.28. The molecule has 1 aromatic rings. The van der Waals surface area contributed by atoms with E-state index in [2.05, 4.69) is 17.0 Å². The predicted octanol–water partition coefficient (Wildman–Crippen LogP) is 1.13. The van der Waals surface area contributed by atoms with Gasteiger partial charge in [-0.2, -0.15) is 0 Å². The quantitative estimate of drug-likeness (QED) is 0.730. The van der Waals surface area contributed by atoms with E-state index in [1.54, 1.807) is 7.11 Å². The van der Waals surface area contributed by atoms with Crippen molar-refractivity contribution < 1.29 is 9.84 Å².